The van der Waals surface area contributed by atoms with E-state index in [-0.39, 0.29) is 12.1 Å². The van der Waals surface area contributed by atoms with Crippen LogP contribution in [0, 0.1) is 12.8 Å². The summed E-state index contributed by atoms with van der Waals surface area (Å²) < 4.78 is 6.43. The van der Waals surface area contributed by atoms with Gasteiger partial charge in [0.2, 0.25) is 5.89 Å². The Labute approximate surface area is 119 Å². The molecule has 106 valence electrons. The summed E-state index contributed by atoms with van der Waals surface area (Å²) in [4.78, 5) is 16.3. The van der Waals surface area contributed by atoms with Gasteiger partial charge in [-0.25, -0.2) is 4.68 Å². The first-order chi connectivity index (χ1) is 9.63. The molecule has 0 aromatic carbocycles. The van der Waals surface area contributed by atoms with Crippen LogP contribution in [0.4, 0.5) is 5.69 Å². The zero-order valence-electron chi connectivity index (χ0n) is 11.0. The Bertz CT molecular complexity index is 677. The number of nitrogens with one attached hydrogen (secondary N) is 1. The van der Waals surface area contributed by atoms with E-state index in [1.54, 1.807) is 6.92 Å². The van der Waals surface area contributed by atoms with Crippen molar-refractivity contribution < 1.29 is 4.52 Å². The summed E-state index contributed by atoms with van der Waals surface area (Å²) in [5, 5.41) is 11.0. The summed E-state index contributed by atoms with van der Waals surface area (Å²) in [7, 11) is 0. The molecule has 1 aliphatic carbocycles. The van der Waals surface area contributed by atoms with E-state index in [1.807, 2.05) is 0 Å². The molecule has 0 atom stereocenters. The third-order valence-electron chi connectivity index (χ3n) is 3.11. The van der Waals surface area contributed by atoms with E-state index in [0.717, 1.165) is 12.8 Å². The normalized spacial score (nSPS) is 14.5. The average Bonchev–Trinajstić information content (AvgIpc) is 3.14. The number of nitrogens with zero attached hydrogens (tertiary/aromatic N) is 4. The van der Waals surface area contributed by atoms with Crippen LogP contribution >= 0.6 is 11.6 Å². The Hall–Kier alpha value is -1.89. The van der Waals surface area contributed by atoms with Crippen LogP contribution in [0.3, 0.4) is 0 Å². The third kappa shape index (κ3) is 2.82. The maximum absolute atomic E-state index is 12.3. The molecule has 0 unspecified atom stereocenters. The zero-order valence-corrected chi connectivity index (χ0v) is 11.7. The van der Waals surface area contributed by atoms with Gasteiger partial charge in [-0.3, -0.25) is 4.79 Å². The van der Waals surface area contributed by atoms with Gasteiger partial charge in [-0.05, 0) is 25.7 Å². The number of hydrogen-bond donors (Lipinski definition) is 1. The summed E-state index contributed by atoms with van der Waals surface area (Å²) in [6, 6.07) is 0. The van der Waals surface area contributed by atoms with Gasteiger partial charge in [0.25, 0.3) is 5.56 Å². The van der Waals surface area contributed by atoms with E-state index in [4.69, 9.17) is 16.1 Å². The van der Waals surface area contributed by atoms with Crippen LogP contribution in [0.1, 0.15) is 24.6 Å². The molecule has 1 aliphatic rings. The molecule has 0 bridgehead atoms. The van der Waals surface area contributed by atoms with Crippen molar-refractivity contribution >= 4 is 17.3 Å². The van der Waals surface area contributed by atoms with Crippen LogP contribution in [0.15, 0.2) is 15.5 Å². The Balaban J connectivity index is 1.78. The minimum absolute atomic E-state index is 0.222. The van der Waals surface area contributed by atoms with E-state index < -0.39 is 0 Å². The number of hydrogen-bond acceptors (Lipinski definition) is 6. The molecule has 0 amide bonds. The second-order valence-electron chi connectivity index (χ2n) is 4.89. The second kappa shape index (κ2) is 5.24. The van der Waals surface area contributed by atoms with Gasteiger partial charge in [0.15, 0.2) is 5.82 Å². The fraction of sp³-hybridized carbons (Fsp3) is 0.500. The Kier molecular flexibility index (Phi) is 3.43. The lowest BCUT2D eigenvalue weighted by Gasteiger charge is -2.08. The highest BCUT2D eigenvalue weighted by molar-refractivity contribution is 6.32. The highest BCUT2D eigenvalue weighted by atomic mass is 35.5. The lowest BCUT2D eigenvalue weighted by molar-refractivity contribution is 0.379. The molecule has 0 saturated heterocycles. The van der Waals surface area contributed by atoms with Gasteiger partial charge in [-0.15, -0.1) is 0 Å². The quantitative estimate of drug-likeness (QED) is 0.902. The smallest absolute Gasteiger partial charge is 0.291 e. The Morgan fingerprint density at radius 3 is 3.00 bits per heavy atom. The van der Waals surface area contributed by atoms with Gasteiger partial charge in [-0.2, -0.15) is 10.1 Å². The van der Waals surface area contributed by atoms with Crippen LogP contribution in [0.5, 0.6) is 0 Å². The molecular formula is C12H14ClN5O2. The number of aromatic nitrogens is 4. The van der Waals surface area contributed by atoms with Crippen LogP contribution in [0.25, 0.3) is 0 Å². The maximum Gasteiger partial charge on any atom is 0.291 e. The van der Waals surface area contributed by atoms with Crippen LogP contribution < -0.4 is 10.9 Å². The maximum atomic E-state index is 12.3. The number of aryl methyl sites for hydroxylation is 1. The van der Waals surface area contributed by atoms with E-state index >= 15 is 0 Å². The molecular weight excluding hydrogens is 282 g/mol. The molecule has 1 N–H and O–H groups in total. The third-order valence-corrected chi connectivity index (χ3v) is 3.40. The van der Waals surface area contributed by atoms with Gasteiger partial charge in [0.05, 0.1) is 17.8 Å². The van der Waals surface area contributed by atoms with Crippen LogP contribution in [-0.2, 0) is 13.1 Å². The van der Waals surface area contributed by atoms with E-state index in [2.05, 4.69) is 20.6 Å². The van der Waals surface area contributed by atoms with Crippen molar-refractivity contribution in [1.82, 2.24) is 19.9 Å². The standard InChI is InChI=1S/C12H14ClN5O2/c1-7-16-10(20-17-7)5-14-11-9(13)4-15-18(12(11)19)6-8-2-3-8/h4,8,14H,2-3,5-6H2,1H3. The summed E-state index contributed by atoms with van der Waals surface area (Å²) in [5.41, 5.74) is 0.0961. The highest BCUT2D eigenvalue weighted by Crippen LogP contribution is 2.30. The summed E-state index contributed by atoms with van der Waals surface area (Å²) >= 11 is 6.02. The topological polar surface area (TPSA) is 85.8 Å². The Morgan fingerprint density at radius 1 is 1.55 bits per heavy atom. The fourth-order valence-corrected chi connectivity index (χ4v) is 2.07. The molecule has 1 saturated carbocycles. The lowest BCUT2D eigenvalue weighted by atomic mass is 10.4. The molecule has 0 aliphatic heterocycles. The predicted molar refractivity (Wildman–Crippen MR) is 72.6 cm³/mol. The van der Waals surface area contributed by atoms with Crippen molar-refractivity contribution in [2.24, 2.45) is 5.92 Å². The van der Waals surface area contributed by atoms with Gasteiger partial charge in [0, 0.05) is 6.54 Å². The van der Waals surface area contributed by atoms with Crippen molar-refractivity contribution in [3.05, 3.63) is 33.3 Å². The molecule has 2 aromatic rings. The molecule has 8 heteroatoms. The zero-order chi connectivity index (χ0) is 14.1. The molecule has 2 heterocycles. The number of rotatable bonds is 5. The summed E-state index contributed by atoms with van der Waals surface area (Å²) in [5.74, 6) is 1.52. The van der Waals surface area contributed by atoms with Crippen molar-refractivity contribution in [1.29, 1.82) is 0 Å². The first kappa shape index (κ1) is 13.1. The highest BCUT2D eigenvalue weighted by Gasteiger charge is 2.23. The summed E-state index contributed by atoms with van der Waals surface area (Å²) in [6.07, 6.45) is 3.79. The van der Waals surface area contributed by atoms with Crippen LogP contribution in [-0.4, -0.2) is 19.9 Å². The number of halogens is 1. The monoisotopic (exact) mass is 295 g/mol. The van der Waals surface area contributed by atoms with Gasteiger partial charge in [-0.1, -0.05) is 16.8 Å². The molecule has 7 nitrogen and oxygen atoms in total. The van der Waals surface area contributed by atoms with Crippen molar-refractivity contribution in [3.8, 4) is 0 Å². The van der Waals surface area contributed by atoms with E-state index in [1.165, 1.54) is 10.9 Å². The molecule has 0 spiro atoms. The van der Waals surface area contributed by atoms with Gasteiger partial charge in [0.1, 0.15) is 5.69 Å². The van der Waals surface area contributed by atoms with Gasteiger partial charge < -0.3 is 9.84 Å². The van der Waals surface area contributed by atoms with E-state index in [0.29, 0.717) is 34.9 Å². The van der Waals surface area contributed by atoms with Gasteiger partial charge >= 0.3 is 0 Å². The average molecular weight is 296 g/mol. The lowest BCUT2D eigenvalue weighted by Crippen LogP contribution is -2.26. The fourth-order valence-electron chi connectivity index (χ4n) is 1.88. The molecule has 1 fully saturated rings. The molecule has 0 radical (unpaired) electrons. The molecule has 20 heavy (non-hydrogen) atoms. The van der Waals surface area contributed by atoms with Crippen LogP contribution in [0.2, 0.25) is 5.02 Å². The van der Waals surface area contributed by atoms with Crippen molar-refractivity contribution in [2.45, 2.75) is 32.9 Å². The minimum Gasteiger partial charge on any atom is -0.370 e. The van der Waals surface area contributed by atoms with Crippen molar-refractivity contribution in [2.75, 3.05) is 5.32 Å². The molecule has 3 rings (SSSR count). The Morgan fingerprint density at radius 2 is 2.35 bits per heavy atom. The first-order valence-corrected chi connectivity index (χ1v) is 6.80. The number of anilines is 1. The van der Waals surface area contributed by atoms with Crippen molar-refractivity contribution in [3.63, 3.8) is 0 Å². The minimum atomic E-state index is -0.222. The predicted octanol–water partition coefficient (Wildman–Crippen LogP) is 1.61. The molecule has 2 aromatic heterocycles. The largest absolute Gasteiger partial charge is 0.370 e. The second-order valence-corrected chi connectivity index (χ2v) is 5.29. The SMILES string of the molecule is Cc1noc(CNc2c(Cl)cnn(CC3CC3)c2=O)n1. The van der Waals surface area contributed by atoms with E-state index in [9.17, 15) is 4.79 Å². The first-order valence-electron chi connectivity index (χ1n) is 6.42. The summed E-state index contributed by atoms with van der Waals surface area (Å²) in [6.45, 7) is 2.63.